The van der Waals surface area contributed by atoms with Crippen LogP contribution in [0.15, 0.2) is 48.7 Å². The summed E-state index contributed by atoms with van der Waals surface area (Å²) in [6.07, 6.45) is 8.21. The van der Waals surface area contributed by atoms with Crippen LogP contribution in [0, 0.1) is 0 Å². The number of hydrogen-bond donors (Lipinski definition) is 1. The molecule has 29 heavy (non-hydrogen) atoms. The molecule has 0 spiro atoms. The standard InChI is InChI=1S/C25H32N2O2/c1-28-22-16-23-21(18-26-25(23)24(17-22)29-2)10-6-7-13-27-14-11-20(12-15-27)19-8-4-3-5-9-19/h3-5,8-9,16-18,20,26H,6-7,10-15H2,1-2H3. The molecule has 0 saturated carbocycles. The van der Waals surface area contributed by atoms with Gasteiger partial charge in [-0.2, -0.15) is 0 Å². The van der Waals surface area contributed by atoms with Crippen LogP contribution in [-0.4, -0.2) is 43.7 Å². The van der Waals surface area contributed by atoms with E-state index in [1.807, 2.05) is 6.07 Å². The van der Waals surface area contributed by atoms with Crippen molar-refractivity contribution in [3.05, 3.63) is 59.8 Å². The third kappa shape index (κ3) is 4.59. The minimum absolute atomic E-state index is 0.739. The summed E-state index contributed by atoms with van der Waals surface area (Å²) in [6, 6.07) is 15.0. The molecule has 4 nitrogen and oxygen atoms in total. The monoisotopic (exact) mass is 392 g/mol. The lowest BCUT2D eigenvalue weighted by Crippen LogP contribution is -2.33. The van der Waals surface area contributed by atoms with Crippen LogP contribution in [0.4, 0.5) is 0 Å². The van der Waals surface area contributed by atoms with Gasteiger partial charge >= 0.3 is 0 Å². The summed E-state index contributed by atoms with van der Waals surface area (Å²) >= 11 is 0. The lowest BCUT2D eigenvalue weighted by molar-refractivity contribution is 0.209. The van der Waals surface area contributed by atoms with Crippen LogP contribution in [0.3, 0.4) is 0 Å². The van der Waals surface area contributed by atoms with Crippen molar-refractivity contribution < 1.29 is 9.47 Å². The molecule has 1 N–H and O–H groups in total. The molecular weight excluding hydrogens is 360 g/mol. The Morgan fingerprint density at radius 3 is 2.52 bits per heavy atom. The Hall–Kier alpha value is -2.46. The van der Waals surface area contributed by atoms with Crippen molar-refractivity contribution >= 4 is 10.9 Å². The zero-order valence-electron chi connectivity index (χ0n) is 17.6. The Labute approximate surface area is 173 Å². The van der Waals surface area contributed by atoms with Gasteiger partial charge in [-0.05, 0) is 74.8 Å². The molecule has 0 atom stereocenters. The zero-order chi connectivity index (χ0) is 20.1. The SMILES string of the molecule is COc1cc(OC)c2[nH]cc(CCCCN3CCC(c4ccccc4)CC3)c2c1. The van der Waals surface area contributed by atoms with Gasteiger partial charge in [0.2, 0.25) is 0 Å². The Morgan fingerprint density at radius 2 is 1.79 bits per heavy atom. The normalized spacial score (nSPS) is 15.7. The highest BCUT2D eigenvalue weighted by molar-refractivity contribution is 5.90. The summed E-state index contributed by atoms with van der Waals surface area (Å²) in [6.45, 7) is 3.65. The fraction of sp³-hybridized carbons (Fsp3) is 0.440. The summed E-state index contributed by atoms with van der Waals surface area (Å²) in [7, 11) is 3.41. The van der Waals surface area contributed by atoms with Crippen molar-refractivity contribution in [3.63, 3.8) is 0 Å². The van der Waals surface area contributed by atoms with Gasteiger partial charge < -0.3 is 19.4 Å². The number of nitrogens with one attached hydrogen (secondary N) is 1. The second-order valence-corrected chi connectivity index (χ2v) is 8.05. The molecule has 0 radical (unpaired) electrons. The fourth-order valence-corrected chi connectivity index (χ4v) is 4.58. The van der Waals surface area contributed by atoms with Crippen molar-refractivity contribution in [3.8, 4) is 11.5 Å². The second-order valence-electron chi connectivity index (χ2n) is 8.05. The van der Waals surface area contributed by atoms with E-state index >= 15 is 0 Å². The van der Waals surface area contributed by atoms with E-state index in [1.165, 1.54) is 61.8 Å². The molecule has 1 saturated heterocycles. The Kier molecular flexibility index (Phi) is 6.40. The number of fused-ring (bicyclic) bond motifs is 1. The number of aryl methyl sites for hydroxylation is 1. The second kappa shape index (κ2) is 9.36. The van der Waals surface area contributed by atoms with E-state index in [2.05, 4.69) is 52.5 Å². The van der Waals surface area contributed by atoms with Gasteiger partial charge in [0, 0.05) is 17.6 Å². The number of hydrogen-bond acceptors (Lipinski definition) is 3. The molecule has 154 valence electrons. The van der Waals surface area contributed by atoms with Crippen molar-refractivity contribution in [2.24, 2.45) is 0 Å². The van der Waals surface area contributed by atoms with Crippen LogP contribution >= 0.6 is 0 Å². The van der Waals surface area contributed by atoms with E-state index in [9.17, 15) is 0 Å². The number of piperidine rings is 1. The Morgan fingerprint density at radius 1 is 1.00 bits per heavy atom. The maximum Gasteiger partial charge on any atom is 0.146 e. The first-order chi connectivity index (χ1) is 14.3. The molecule has 0 aliphatic carbocycles. The fourth-order valence-electron chi connectivity index (χ4n) is 4.58. The first kappa shape index (κ1) is 19.8. The third-order valence-corrected chi connectivity index (χ3v) is 6.30. The van der Waals surface area contributed by atoms with Gasteiger partial charge in [0.1, 0.15) is 11.5 Å². The average molecular weight is 393 g/mol. The van der Waals surface area contributed by atoms with Gasteiger partial charge in [0.25, 0.3) is 0 Å². The molecule has 1 fully saturated rings. The van der Waals surface area contributed by atoms with Crippen molar-refractivity contribution in [2.45, 2.75) is 38.0 Å². The molecule has 3 aromatic rings. The summed E-state index contributed by atoms with van der Waals surface area (Å²) in [5.74, 6) is 2.42. The van der Waals surface area contributed by atoms with E-state index in [4.69, 9.17) is 9.47 Å². The highest BCUT2D eigenvalue weighted by Gasteiger charge is 2.20. The highest BCUT2D eigenvalue weighted by atomic mass is 16.5. The van der Waals surface area contributed by atoms with Crippen LogP contribution < -0.4 is 9.47 Å². The largest absolute Gasteiger partial charge is 0.497 e. The van der Waals surface area contributed by atoms with E-state index in [1.54, 1.807) is 14.2 Å². The Balaban J connectivity index is 1.26. The maximum atomic E-state index is 5.51. The number of unbranched alkanes of at least 4 members (excludes halogenated alkanes) is 1. The molecule has 4 rings (SSSR count). The molecule has 2 aromatic carbocycles. The number of likely N-dealkylation sites (tertiary alicyclic amines) is 1. The van der Waals surface area contributed by atoms with E-state index < -0.39 is 0 Å². The lowest BCUT2D eigenvalue weighted by atomic mass is 9.89. The third-order valence-electron chi connectivity index (χ3n) is 6.30. The number of H-pyrrole nitrogens is 1. The van der Waals surface area contributed by atoms with Crippen LogP contribution in [0.1, 0.15) is 42.7 Å². The summed E-state index contributed by atoms with van der Waals surface area (Å²) in [5, 5.41) is 1.21. The van der Waals surface area contributed by atoms with Gasteiger partial charge in [-0.25, -0.2) is 0 Å². The molecule has 0 bridgehead atoms. The lowest BCUT2D eigenvalue weighted by Gasteiger charge is -2.32. The van der Waals surface area contributed by atoms with Crippen LogP contribution in [0.2, 0.25) is 0 Å². The number of rotatable bonds is 8. The predicted octanol–water partition coefficient (Wildman–Crippen LogP) is 5.39. The minimum Gasteiger partial charge on any atom is -0.497 e. The predicted molar refractivity (Wildman–Crippen MR) is 119 cm³/mol. The van der Waals surface area contributed by atoms with Crippen molar-refractivity contribution in [1.82, 2.24) is 9.88 Å². The summed E-state index contributed by atoms with van der Waals surface area (Å²) in [5.41, 5.74) is 3.92. The molecular formula is C25H32N2O2. The molecule has 1 aliphatic rings. The first-order valence-electron chi connectivity index (χ1n) is 10.8. The van der Waals surface area contributed by atoms with Crippen LogP contribution in [0.25, 0.3) is 10.9 Å². The number of benzene rings is 2. The quantitative estimate of drug-likeness (QED) is 0.523. The Bertz CT molecular complexity index is 911. The number of nitrogens with zero attached hydrogens (tertiary/aromatic N) is 1. The summed E-state index contributed by atoms with van der Waals surface area (Å²) in [4.78, 5) is 6.02. The molecule has 0 unspecified atom stereocenters. The van der Waals surface area contributed by atoms with Gasteiger partial charge in [-0.3, -0.25) is 0 Å². The van der Waals surface area contributed by atoms with E-state index in [0.717, 1.165) is 29.4 Å². The van der Waals surface area contributed by atoms with Gasteiger partial charge in [0.15, 0.2) is 0 Å². The first-order valence-corrected chi connectivity index (χ1v) is 10.8. The molecule has 1 aliphatic heterocycles. The molecule has 4 heteroatoms. The number of methoxy groups -OCH3 is 2. The highest BCUT2D eigenvalue weighted by Crippen LogP contribution is 2.33. The van der Waals surface area contributed by atoms with Gasteiger partial charge in [0.05, 0.1) is 19.7 Å². The molecule has 2 heterocycles. The molecule has 0 amide bonds. The van der Waals surface area contributed by atoms with Crippen LogP contribution in [-0.2, 0) is 6.42 Å². The average Bonchev–Trinajstić information content (AvgIpc) is 3.20. The van der Waals surface area contributed by atoms with Crippen LogP contribution in [0.5, 0.6) is 11.5 Å². The van der Waals surface area contributed by atoms with Gasteiger partial charge in [-0.1, -0.05) is 30.3 Å². The van der Waals surface area contributed by atoms with Crippen molar-refractivity contribution in [1.29, 1.82) is 0 Å². The van der Waals surface area contributed by atoms with E-state index in [-0.39, 0.29) is 0 Å². The smallest absolute Gasteiger partial charge is 0.146 e. The minimum atomic E-state index is 0.739. The topological polar surface area (TPSA) is 37.5 Å². The summed E-state index contributed by atoms with van der Waals surface area (Å²) < 4.78 is 10.9. The van der Waals surface area contributed by atoms with Gasteiger partial charge in [-0.15, -0.1) is 0 Å². The number of aromatic nitrogens is 1. The number of ether oxygens (including phenoxy) is 2. The zero-order valence-corrected chi connectivity index (χ0v) is 17.6. The molecule has 1 aromatic heterocycles. The number of aromatic amines is 1. The van der Waals surface area contributed by atoms with Crippen molar-refractivity contribution in [2.75, 3.05) is 33.9 Å². The maximum absolute atomic E-state index is 5.51. The van der Waals surface area contributed by atoms with E-state index in [0.29, 0.717) is 0 Å².